The van der Waals surface area contributed by atoms with Gasteiger partial charge in [-0.05, 0) is 37.8 Å². The van der Waals surface area contributed by atoms with E-state index in [1.165, 1.54) is 0 Å². The van der Waals surface area contributed by atoms with Gasteiger partial charge in [-0.2, -0.15) is 0 Å². The van der Waals surface area contributed by atoms with Crippen molar-refractivity contribution in [1.82, 2.24) is 9.97 Å². The smallest absolute Gasteiger partial charge is 0.224 e. The lowest BCUT2D eigenvalue weighted by molar-refractivity contribution is 0.276. The van der Waals surface area contributed by atoms with E-state index in [4.69, 9.17) is 16.7 Å². The largest absolute Gasteiger partial charge is 0.396 e. The lowest BCUT2D eigenvalue weighted by atomic mass is 9.98. The quantitative estimate of drug-likeness (QED) is 0.753. The molecular formula is C10H14ClN3O. The molecule has 1 atom stereocenters. The fraction of sp³-hybridized carbons (Fsp3) is 0.600. The van der Waals surface area contributed by atoms with Gasteiger partial charge in [0, 0.05) is 23.9 Å². The Morgan fingerprint density at radius 3 is 3.07 bits per heavy atom. The molecule has 1 aliphatic heterocycles. The van der Waals surface area contributed by atoms with Crippen LogP contribution in [-0.4, -0.2) is 27.7 Å². The molecule has 2 rings (SSSR count). The molecule has 1 aliphatic rings. The maximum Gasteiger partial charge on any atom is 0.224 e. The first kappa shape index (κ1) is 10.6. The Balaban J connectivity index is 2.25. The molecule has 0 amide bonds. The average molecular weight is 228 g/mol. The van der Waals surface area contributed by atoms with Crippen LogP contribution in [0.1, 0.15) is 24.1 Å². The van der Waals surface area contributed by atoms with E-state index in [0.29, 0.717) is 6.04 Å². The zero-order chi connectivity index (χ0) is 10.8. The van der Waals surface area contributed by atoms with Gasteiger partial charge in [0.2, 0.25) is 5.28 Å². The van der Waals surface area contributed by atoms with E-state index in [0.717, 1.165) is 36.3 Å². The highest BCUT2D eigenvalue weighted by Crippen LogP contribution is 2.26. The fourth-order valence-electron chi connectivity index (χ4n) is 1.94. The molecule has 0 aromatic carbocycles. The zero-order valence-corrected chi connectivity index (χ0v) is 9.38. The molecule has 15 heavy (non-hydrogen) atoms. The lowest BCUT2D eigenvalue weighted by Crippen LogP contribution is -2.28. The first-order valence-corrected chi connectivity index (χ1v) is 5.49. The lowest BCUT2D eigenvalue weighted by Gasteiger charge is -2.26. The number of aromatic nitrogens is 2. The van der Waals surface area contributed by atoms with Crippen molar-refractivity contribution >= 4 is 17.4 Å². The van der Waals surface area contributed by atoms with E-state index < -0.39 is 0 Å². The number of nitrogens with zero attached hydrogens (tertiary/aromatic N) is 2. The second-order valence-corrected chi connectivity index (χ2v) is 4.14. The number of aryl methyl sites for hydroxylation is 1. The summed E-state index contributed by atoms with van der Waals surface area (Å²) >= 11 is 5.80. The third kappa shape index (κ3) is 2.21. The monoisotopic (exact) mass is 227 g/mol. The van der Waals surface area contributed by atoms with Crippen molar-refractivity contribution in [3.63, 3.8) is 0 Å². The average Bonchev–Trinajstić information content (AvgIpc) is 2.17. The van der Waals surface area contributed by atoms with E-state index in [1.807, 2.05) is 6.92 Å². The number of aliphatic hydroxyl groups excluding tert-OH is 1. The summed E-state index contributed by atoms with van der Waals surface area (Å²) in [5, 5.41) is 12.4. The first-order chi connectivity index (χ1) is 7.20. The van der Waals surface area contributed by atoms with Gasteiger partial charge in [0.15, 0.2) is 0 Å². The van der Waals surface area contributed by atoms with Gasteiger partial charge in [-0.3, -0.25) is 0 Å². The van der Waals surface area contributed by atoms with Crippen LogP contribution in [0, 0.1) is 6.92 Å². The van der Waals surface area contributed by atoms with Crippen molar-refractivity contribution in [2.45, 2.75) is 32.2 Å². The Bertz CT molecular complexity index is 370. The van der Waals surface area contributed by atoms with Crippen LogP contribution in [0.5, 0.6) is 0 Å². The third-order valence-corrected chi connectivity index (χ3v) is 2.92. The maximum atomic E-state index is 8.88. The van der Waals surface area contributed by atoms with E-state index in [1.54, 1.807) is 0 Å². The molecule has 0 aliphatic carbocycles. The van der Waals surface area contributed by atoms with Crippen molar-refractivity contribution in [2.75, 3.05) is 11.9 Å². The standard InChI is InChI=1S/C10H14ClN3O/c1-6-8-3-2-7(4-5-15)13-9(8)14-10(11)12-6/h7,15H,2-5H2,1H3,(H,12,13,14)/t7-/m1/s1. The highest BCUT2D eigenvalue weighted by atomic mass is 35.5. The van der Waals surface area contributed by atoms with Gasteiger partial charge in [0.1, 0.15) is 5.82 Å². The fourth-order valence-corrected chi connectivity index (χ4v) is 2.15. The normalized spacial score (nSPS) is 19.5. The maximum absolute atomic E-state index is 8.88. The zero-order valence-electron chi connectivity index (χ0n) is 8.63. The molecule has 0 saturated heterocycles. The Morgan fingerprint density at radius 2 is 2.33 bits per heavy atom. The van der Waals surface area contributed by atoms with Crippen molar-refractivity contribution in [3.05, 3.63) is 16.5 Å². The van der Waals surface area contributed by atoms with Crippen LogP contribution < -0.4 is 5.32 Å². The molecule has 82 valence electrons. The van der Waals surface area contributed by atoms with Crippen LogP contribution in [-0.2, 0) is 6.42 Å². The van der Waals surface area contributed by atoms with Gasteiger partial charge < -0.3 is 10.4 Å². The Kier molecular flexibility index (Phi) is 3.07. The molecule has 0 bridgehead atoms. The van der Waals surface area contributed by atoms with Crippen molar-refractivity contribution in [3.8, 4) is 0 Å². The molecule has 1 aromatic rings. The van der Waals surface area contributed by atoms with Gasteiger partial charge in [-0.25, -0.2) is 9.97 Å². The van der Waals surface area contributed by atoms with Crippen molar-refractivity contribution in [2.24, 2.45) is 0 Å². The number of rotatable bonds is 2. The van der Waals surface area contributed by atoms with Gasteiger partial charge in [0.05, 0.1) is 0 Å². The van der Waals surface area contributed by atoms with Crippen LogP contribution in [0.3, 0.4) is 0 Å². The first-order valence-electron chi connectivity index (χ1n) is 5.11. The summed E-state index contributed by atoms with van der Waals surface area (Å²) in [6.07, 6.45) is 2.72. The van der Waals surface area contributed by atoms with Crippen molar-refractivity contribution in [1.29, 1.82) is 0 Å². The molecule has 5 heteroatoms. The second kappa shape index (κ2) is 4.33. The molecule has 2 N–H and O–H groups in total. The van der Waals surface area contributed by atoms with Crippen LogP contribution in [0.2, 0.25) is 5.28 Å². The van der Waals surface area contributed by atoms with Crippen LogP contribution >= 0.6 is 11.6 Å². The second-order valence-electron chi connectivity index (χ2n) is 3.80. The minimum Gasteiger partial charge on any atom is -0.396 e. The Hall–Kier alpha value is -0.870. The van der Waals surface area contributed by atoms with Gasteiger partial charge in [0.25, 0.3) is 0 Å². The Labute approximate surface area is 93.7 Å². The number of hydrogen-bond acceptors (Lipinski definition) is 4. The van der Waals surface area contributed by atoms with Gasteiger partial charge in [-0.15, -0.1) is 0 Å². The molecule has 0 spiro atoms. The topological polar surface area (TPSA) is 58.0 Å². The van der Waals surface area contributed by atoms with E-state index >= 15 is 0 Å². The predicted octanol–water partition coefficient (Wildman–Crippen LogP) is 1.55. The summed E-state index contributed by atoms with van der Waals surface area (Å²) in [4.78, 5) is 8.29. The summed E-state index contributed by atoms with van der Waals surface area (Å²) < 4.78 is 0. The summed E-state index contributed by atoms with van der Waals surface area (Å²) in [5.74, 6) is 0.831. The number of nitrogens with one attached hydrogen (secondary N) is 1. The Morgan fingerprint density at radius 1 is 1.53 bits per heavy atom. The van der Waals surface area contributed by atoms with Crippen LogP contribution in [0.25, 0.3) is 0 Å². The van der Waals surface area contributed by atoms with Crippen LogP contribution in [0.15, 0.2) is 0 Å². The summed E-state index contributed by atoms with van der Waals surface area (Å²) in [6.45, 7) is 2.14. The minimum atomic E-state index is 0.199. The predicted molar refractivity (Wildman–Crippen MR) is 59.2 cm³/mol. The highest BCUT2D eigenvalue weighted by Gasteiger charge is 2.20. The minimum absolute atomic E-state index is 0.199. The molecular weight excluding hydrogens is 214 g/mol. The number of anilines is 1. The number of aliphatic hydroxyl groups is 1. The number of hydrogen-bond donors (Lipinski definition) is 2. The molecule has 4 nitrogen and oxygen atoms in total. The summed E-state index contributed by atoms with van der Waals surface area (Å²) in [5.41, 5.74) is 2.09. The molecule has 1 aromatic heterocycles. The van der Waals surface area contributed by atoms with Crippen molar-refractivity contribution < 1.29 is 5.11 Å². The van der Waals surface area contributed by atoms with Gasteiger partial charge in [-0.1, -0.05) is 0 Å². The summed E-state index contributed by atoms with van der Waals surface area (Å²) in [6, 6.07) is 0.299. The number of fused-ring (bicyclic) bond motifs is 1. The molecule has 0 unspecified atom stereocenters. The number of halogens is 1. The summed E-state index contributed by atoms with van der Waals surface area (Å²) in [7, 11) is 0. The molecule has 0 saturated carbocycles. The molecule has 0 fully saturated rings. The SMILES string of the molecule is Cc1nc(Cl)nc2c1CC[C@H](CCO)N2. The molecule has 2 heterocycles. The van der Waals surface area contributed by atoms with E-state index in [2.05, 4.69) is 15.3 Å². The van der Waals surface area contributed by atoms with Gasteiger partial charge >= 0.3 is 0 Å². The van der Waals surface area contributed by atoms with Crippen LogP contribution in [0.4, 0.5) is 5.82 Å². The van der Waals surface area contributed by atoms with E-state index in [-0.39, 0.29) is 11.9 Å². The molecule has 0 radical (unpaired) electrons. The highest BCUT2D eigenvalue weighted by molar-refractivity contribution is 6.28. The van der Waals surface area contributed by atoms with E-state index in [9.17, 15) is 0 Å². The third-order valence-electron chi connectivity index (χ3n) is 2.75.